The number of fused-ring (bicyclic) bond motifs is 2. The number of carbonyl (C=O) groups excluding carboxylic acids is 1. The van der Waals surface area contributed by atoms with E-state index in [0.717, 1.165) is 36.3 Å². The third-order valence-electron chi connectivity index (χ3n) is 4.95. The molecule has 3 N–H and O–H groups in total. The second-order valence-electron chi connectivity index (χ2n) is 6.83. The van der Waals surface area contributed by atoms with Gasteiger partial charge >= 0.3 is 0 Å². The van der Waals surface area contributed by atoms with Gasteiger partial charge in [-0.3, -0.25) is 9.59 Å². The molecule has 29 heavy (non-hydrogen) atoms. The monoisotopic (exact) mass is 430 g/mol. The van der Waals surface area contributed by atoms with Crippen LogP contribution in [-0.2, 0) is 17.0 Å². The van der Waals surface area contributed by atoms with Crippen LogP contribution >= 0.6 is 24.2 Å². The number of nitrogen functional groups attached to an aromatic ring is 1. The fourth-order valence-electron chi connectivity index (χ4n) is 3.58. The molecular weight excluding hydrogens is 408 g/mol. The standard InChI is InChI=1S/C21H22N4O2S.ClH/c22-16-7-3-9-18-14(16)6-4-11-25(18)20(26)10-12-28-13-19-23-17-8-2-1-5-15(17)21(27)24-19;/h1-3,5,7-9H,4,6,10-13,22H2,(H,23,24,27);1H. The number of nitrogens with one attached hydrogen (secondary N) is 1. The van der Waals surface area contributed by atoms with E-state index in [2.05, 4.69) is 9.97 Å². The van der Waals surface area contributed by atoms with Gasteiger partial charge in [-0.05, 0) is 42.7 Å². The molecule has 4 rings (SSSR count). The van der Waals surface area contributed by atoms with Gasteiger partial charge in [-0.15, -0.1) is 12.4 Å². The highest BCUT2D eigenvalue weighted by molar-refractivity contribution is 7.98. The molecule has 0 fully saturated rings. The van der Waals surface area contributed by atoms with Gasteiger partial charge in [0.25, 0.3) is 5.56 Å². The highest BCUT2D eigenvalue weighted by atomic mass is 35.5. The normalized spacial score (nSPS) is 13.0. The topological polar surface area (TPSA) is 92.1 Å². The summed E-state index contributed by atoms with van der Waals surface area (Å²) < 4.78 is 0. The third-order valence-corrected chi connectivity index (χ3v) is 5.92. The van der Waals surface area contributed by atoms with Crippen LogP contribution in [0.1, 0.15) is 24.2 Å². The average molecular weight is 431 g/mol. The van der Waals surface area contributed by atoms with E-state index < -0.39 is 0 Å². The van der Waals surface area contributed by atoms with Crippen LogP contribution in [0.5, 0.6) is 0 Å². The molecule has 1 amide bonds. The van der Waals surface area contributed by atoms with Crippen molar-refractivity contribution in [3.05, 3.63) is 64.2 Å². The van der Waals surface area contributed by atoms with Gasteiger partial charge < -0.3 is 15.6 Å². The van der Waals surface area contributed by atoms with E-state index in [9.17, 15) is 9.59 Å². The Labute approximate surface area is 179 Å². The first-order valence-electron chi connectivity index (χ1n) is 9.37. The predicted octanol–water partition coefficient (Wildman–Crippen LogP) is 3.53. The van der Waals surface area contributed by atoms with Crippen molar-refractivity contribution < 1.29 is 4.79 Å². The first-order valence-corrected chi connectivity index (χ1v) is 10.5. The number of para-hydroxylation sites is 1. The van der Waals surface area contributed by atoms with E-state index in [-0.39, 0.29) is 23.9 Å². The molecule has 1 aliphatic rings. The Hall–Kier alpha value is -2.51. The van der Waals surface area contributed by atoms with Crippen molar-refractivity contribution in [3.63, 3.8) is 0 Å². The molecule has 0 atom stereocenters. The zero-order valence-corrected chi connectivity index (χ0v) is 17.5. The van der Waals surface area contributed by atoms with Crippen molar-refractivity contribution in [2.45, 2.75) is 25.0 Å². The number of rotatable bonds is 5. The van der Waals surface area contributed by atoms with Gasteiger partial charge in [0.15, 0.2) is 0 Å². The minimum absolute atomic E-state index is 0. The number of halogens is 1. The molecule has 8 heteroatoms. The molecule has 0 unspecified atom stereocenters. The second-order valence-corrected chi connectivity index (χ2v) is 7.93. The molecule has 1 aliphatic heterocycles. The number of H-pyrrole nitrogens is 1. The highest BCUT2D eigenvalue weighted by Gasteiger charge is 2.23. The number of anilines is 2. The van der Waals surface area contributed by atoms with Crippen molar-refractivity contribution in [2.75, 3.05) is 22.9 Å². The summed E-state index contributed by atoms with van der Waals surface area (Å²) in [6.45, 7) is 0.736. The lowest BCUT2D eigenvalue weighted by Gasteiger charge is -2.30. The predicted molar refractivity (Wildman–Crippen MR) is 122 cm³/mol. The third kappa shape index (κ3) is 4.57. The number of aromatic nitrogens is 2. The van der Waals surface area contributed by atoms with Crippen molar-refractivity contribution in [2.24, 2.45) is 0 Å². The van der Waals surface area contributed by atoms with E-state index in [1.807, 2.05) is 41.3 Å². The fourth-order valence-corrected chi connectivity index (χ4v) is 4.37. The minimum Gasteiger partial charge on any atom is -0.398 e. The summed E-state index contributed by atoms with van der Waals surface area (Å²) in [6.07, 6.45) is 2.29. The maximum atomic E-state index is 12.7. The van der Waals surface area contributed by atoms with Crippen LogP contribution in [0.25, 0.3) is 10.9 Å². The van der Waals surface area contributed by atoms with Crippen LogP contribution in [0.2, 0.25) is 0 Å². The maximum Gasteiger partial charge on any atom is 0.258 e. The maximum absolute atomic E-state index is 12.7. The molecule has 3 aromatic rings. The first kappa shape index (κ1) is 21.2. The molecular formula is C21H23ClN4O2S. The SMILES string of the molecule is Cl.Nc1cccc2c1CCCN2C(=O)CCSCc1nc2ccccc2c(=O)[nH]1. The minimum atomic E-state index is -0.125. The molecule has 0 radical (unpaired) electrons. The molecule has 6 nitrogen and oxygen atoms in total. The number of thioether (sulfide) groups is 1. The molecule has 0 bridgehead atoms. The van der Waals surface area contributed by atoms with Gasteiger partial charge in [0.2, 0.25) is 5.91 Å². The summed E-state index contributed by atoms with van der Waals surface area (Å²) in [5.74, 6) is 1.98. The molecule has 152 valence electrons. The lowest BCUT2D eigenvalue weighted by Crippen LogP contribution is -2.35. The number of hydrogen-bond donors (Lipinski definition) is 2. The van der Waals surface area contributed by atoms with Gasteiger partial charge in [0, 0.05) is 30.1 Å². The smallest absolute Gasteiger partial charge is 0.258 e. The lowest BCUT2D eigenvalue weighted by atomic mass is 9.99. The number of hydrogen-bond acceptors (Lipinski definition) is 5. The Morgan fingerprint density at radius 2 is 2.03 bits per heavy atom. The number of benzene rings is 2. The van der Waals surface area contributed by atoms with Crippen molar-refractivity contribution in [1.29, 1.82) is 0 Å². The van der Waals surface area contributed by atoms with Crippen molar-refractivity contribution in [1.82, 2.24) is 9.97 Å². The van der Waals surface area contributed by atoms with Crippen LogP contribution in [0, 0.1) is 0 Å². The number of carbonyl (C=O) groups is 1. The highest BCUT2D eigenvalue weighted by Crippen LogP contribution is 2.31. The van der Waals surface area contributed by atoms with Gasteiger partial charge in [0.05, 0.1) is 16.7 Å². The summed E-state index contributed by atoms with van der Waals surface area (Å²) in [7, 11) is 0. The van der Waals surface area contributed by atoms with E-state index >= 15 is 0 Å². The Bertz CT molecular complexity index is 1090. The first-order chi connectivity index (χ1) is 13.6. The quantitative estimate of drug-likeness (QED) is 0.477. The molecule has 2 aromatic carbocycles. The lowest BCUT2D eigenvalue weighted by molar-refractivity contribution is -0.118. The number of nitrogens with two attached hydrogens (primary N) is 1. The van der Waals surface area contributed by atoms with Crippen LogP contribution in [0.15, 0.2) is 47.3 Å². The van der Waals surface area contributed by atoms with Crippen LogP contribution in [0.3, 0.4) is 0 Å². The average Bonchev–Trinajstić information content (AvgIpc) is 2.71. The summed E-state index contributed by atoms with van der Waals surface area (Å²) in [6, 6.07) is 13.1. The largest absolute Gasteiger partial charge is 0.398 e. The fraction of sp³-hybridized carbons (Fsp3) is 0.286. The molecule has 2 heterocycles. The van der Waals surface area contributed by atoms with Gasteiger partial charge in [-0.25, -0.2) is 4.98 Å². The zero-order chi connectivity index (χ0) is 19.5. The number of amides is 1. The van der Waals surface area contributed by atoms with Crippen LogP contribution in [0.4, 0.5) is 11.4 Å². The van der Waals surface area contributed by atoms with Crippen LogP contribution in [-0.4, -0.2) is 28.2 Å². The Morgan fingerprint density at radius 3 is 2.90 bits per heavy atom. The summed E-state index contributed by atoms with van der Waals surface area (Å²) in [4.78, 5) is 34.0. The van der Waals surface area contributed by atoms with E-state index in [1.165, 1.54) is 0 Å². The van der Waals surface area contributed by atoms with Gasteiger partial charge in [-0.1, -0.05) is 18.2 Å². The molecule has 0 spiro atoms. The van der Waals surface area contributed by atoms with E-state index in [1.54, 1.807) is 17.8 Å². The number of aromatic amines is 1. The van der Waals surface area contributed by atoms with E-state index in [0.29, 0.717) is 34.7 Å². The zero-order valence-electron chi connectivity index (χ0n) is 15.9. The Kier molecular flexibility index (Phi) is 6.82. The number of nitrogens with zero attached hydrogens (tertiary/aromatic N) is 2. The second kappa shape index (κ2) is 9.33. The van der Waals surface area contributed by atoms with Crippen molar-refractivity contribution in [3.8, 4) is 0 Å². The molecule has 0 saturated heterocycles. The molecule has 0 aliphatic carbocycles. The van der Waals surface area contributed by atoms with E-state index in [4.69, 9.17) is 5.73 Å². The summed E-state index contributed by atoms with van der Waals surface area (Å²) >= 11 is 1.60. The van der Waals surface area contributed by atoms with Gasteiger partial charge in [-0.2, -0.15) is 11.8 Å². The Morgan fingerprint density at radius 1 is 1.21 bits per heavy atom. The van der Waals surface area contributed by atoms with Crippen molar-refractivity contribution >= 4 is 52.4 Å². The Balaban J connectivity index is 0.00000240. The molecule has 1 aromatic heterocycles. The molecule has 0 saturated carbocycles. The van der Waals surface area contributed by atoms with Gasteiger partial charge in [0.1, 0.15) is 5.82 Å². The summed E-state index contributed by atoms with van der Waals surface area (Å²) in [5, 5.41) is 0.592. The van der Waals surface area contributed by atoms with Crippen LogP contribution < -0.4 is 16.2 Å². The summed E-state index contributed by atoms with van der Waals surface area (Å²) in [5.41, 5.74) is 9.42.